The lowest BCUT2D eigenvalue weighted by molar-refractivity contribution is 0.101. The summed E-state index contributed by atoms with van der Waals surface area (Å²) in [6, 6.07) is 7.29. The predicted octanol–water partition coefficient (Wildman–Crippen LogP) is 3.41. The number of carbonyl (C=O) groups is 1. The Morgan fingerprint density at radius 1 is 1.21 bits per heavy atom. The first kappa shape index (κ1) is 23.1. The maximum Gasteiger partial charge on any atom is 0.296 e. The average Bonchev–Trinajstić information content (AvgIpc) is 3.33. The van der Waals surface area contributed by atoms with Gasteiger partial charge in [0.2, 0.25) is 5.75 Å². The number of anilines is 1. The number of hydrogen-bond donors (Lipinski definition) is 2. The van der Waals surface area contributed by atoms with Gasteiger partial charge in [0.1, 0.15) is 17.8 Å². The fraction of sp³-hybridized carbons (Fsp3) is 0.217. The minimum Gasteiger partial charge on any atom is -0.501 e. The number of halogens is 1. The maximum atomic E-state index is 12.8. The van der Waals surface area contributed by atoms with Crippen LogP contribution in [0, 0.1) is 6.92 Å². The van der Waals surface area contributed by atoms with Gasteiger partial charge in [0.05, 0.1) is 17.6 Å². The van der Waals surface area contributed by atoms with Crippen LogP contribution in [0.15, 0.2) is 58.4 Å². The van der Waals surface area contributed by atoms with Crippen molar-refractivity contribution in [3.63, 3.8) is 0 Å². The molecule has 0 saturated heterocycles. The second kappa shape index (κ2) is 9.44. The highest BCUT2D eigenvalue weighted by atomic mass is 35.5. The van der Waals surface area contributed by atoms with Crippen LogP contribution < -0.4 is 10.9 Å². The molecular formula is C23H21ClN6O4. The van der Waals surface area contributed by atoms with Crippen molar-refractivity contribution in [2.45, 2.75) is 25.7 Å². The van der Waals surface area contributed by atoms with E-state index in [-0.39, 0.29) is 11.5 Å². The van der Waals surface area contributed by atoms with E-state index in [0.29, 0.717) is 10.7 Å². The SMILES string of the molecule is Cc1cnc([C@@H](c2ccccc2Cl)[C@@H](C)c2nc(C(=O)Nc3cnoc3)c(O)c(=O)n2C)cn1. The lowest BCUT2D eigenvalue weighted by atomic mass is 9.84. The molecule has 0 radical (unpaired) electrons. The number of amides is 1. The summed E-state index contributed by atoms with van der Waals surface area (Å²) in [7, 11) is 1.48. The standard InChI is InChI=1S/C23H21ClN6O4/c1-12-8-26-17(10-25-12)18(15-6-4-5-7-16(15)24)13(2)21-29-19(20(31)23(33)30(21)3)22(32)28-14-9-27-34-11-14/h4-11,13,18,31H,1-3H3,(H,28,32)/t13-,18-/m1/s1. The Balaban J connectivity index is 1.84. The van der Waals surface area contributed by atoms with Gasteiger partial charge in [-0.1, -0.05) is 41.9 Å². The summed E-state index contributed by atoms with van der Waals surface area (Å²) < 4.78 is 5.91. The van der Waals surface area contributed by atoms with Crippen LogP contribution in [0.25, 0.3) is 0 Å². The van der Waals surface area contributed by atoms with E-state index in [4.69, 9.17) is 16.1 Å². The van der Waals surface area contributed by atoms with Crippen LogP contribution in [0.1, 0.15) is 52.0 Å². The van der Waals surface area contributed by atoms with Crippen LogP contribution in [0.3, 0.4) is 0 Å². The molecule has 3 aromatic heterocycles. The van der Waals surface area contributed by atoms with Crippen molar-refractivity contribution >= 4 is 23.2 Å². The quantitative estimate of drug-likeness (QED) is 0.428. The molecule has 34 heavy (non-hydrogen) atoms. The van der Waals surface area contributed by atoms with Gasteiger partial charge in [-0.3, -0.25) is 24.1 Å². The number of nitrogens with one attached hydrogen (secondary N) is 1. The highest BCUT2D eigenvalue weighted by molar-refractivity contribution is 6.31. The van der Waals surface area contributed by atoms with Crippen molar-refractivity contribution in [2.75, 3.05) is 5.32 Å². The number of aromatic nitrogens is 5. The smallest absolute Gasteiger partial charge is 0.296 e. The molecule has 10 nitrogen and oxygen atoms in total. The van der Waals surface area contributed by atoms with Gasteiger partial charge >= 0.3 is 0 Å². The number of nitrogens with zero attached hydrogens (tertiary/aromatic N) is 5. The van der Waals surface area contributed by atoms with Crippen LogP contribution >= 0.6 is 11.6 Å². The molecule has 1 aromatic carbocycles. The molecule has 3 heterocycles. The zero-order valence-corrected chi connectivity index (χ0v) is 19.3. The third-order valence-electron chi connectivity index (χ3n) is 5.47. The Bertz CT molecular complexity index is 1390. The van der Waals surface area contributed by atoms with Crippen LogP contribution in [-0.2, 0) is 7.05 Å². The fourth-order valence-electron chi connectivity index (χ4n) is 3.75. The van der Waals surface area contributed by atoms with Crippen molar-refractivity contribution in [1.82, 2.24) is 24.7 Å². The Morgan fingerprint density at radius 3 is 2.62 bits per heavy atom. The molecular weight excluding hydrogens is 460 g/mol. The van der Waals surface area contributed by atoms with Gasteiger partial charge in [-0.15, -0.1) is 0 Å². The average molecular weight is 481 g/mol. The highest BCUT2D eigenvalue weighted by Crippen LogP contribution is 2.39. The van der Waals surface area contributed by atoms with E-state index in [0.717, 1.165) is 11.3 Å². The Labute approximate surface area is 199 Å². The number of rotatable bonds is 6. The Hall–Kier alpha value is -4.05. The van der Waals surface area contributed by atoms with Crippen molar-refractivity contribution in [2.24, 2.45) is 7.05 Å². The second-order valence-corrected chi connectivity index (χ2v) is 8.18. The van der Waals surface area contributed by atoms with Crippen LogP contribution in [0.5, 0.6) is 5.75 Å². The van der Waals surface area contributed by atoms with Crippen molar-refractivity contribution in [3.8, 4) is 5.75 Å². The summed E-state index contributed by atoms with van der Waals surface area (Å²) in [6.45, 7) is 3.67. The molecule has 11 heteroatoms. The fourth-order valence-corrected chi connectivity index (χ4v) is 4.01. The largest absolute Gasteiger partial charge is 0.501 e. The lowest BCUT2D eigenvalue weighted by Crippen LogP contribution is -2.29. The third kappa shape index (κ3) is 4.40. The molecule has 0 aliphatic carbocycles. The molecule has 4 aromatic rings. The van der Waals surface area contributed by atoms with Gasteiger partial charge < -0.3 is 14.9 Å². The lowest BCUT2D eigenvalue weighted by Gasteiger charge is -2.26. The summed E-state index contributed by atoms with van der Waals surface area (Å²) in [5.74, 6) is -2.23. The number of hydrogen-bond acceptors (Lipinski definition) is 8. The van der Waals surface area contributed by atoms with Gasteiger partial charge in [-0.25, -0.2) is 4.98 Å². The van der Waals surface area contributed by atoms with E-state index in [1.807, 2.05) is 32.0 Å². The van der Waals surface area contributed by atoms with E-state index >= 15 is 0 Å². The van der Waals surface area contributed by atoms with Gasteiger partial charge in [0.25, 0.3) is 11.5 Å². The molecule has 1 amide bonds. The Morgan fingerprint density at radius 2 is 1.97 bits per heavy atom. The molecule has 2 N–H and O–H groups in total. The topological polar surface area (TPSA) is 136 Å². The van der Waals surface area contributed by atoms with Crippen LogP contribution in [0.2, 0.25) is 5.02 Å². The molecule has 0 saturated carbocycles. The summed E-state index contributed by atoms with van der Waals surface area (Å²) in [5, 5.41) is 16.9. The minimum atomic E-state index is -0.781. The number of aromatic hydroxyl groups is 1. The molecule has 0 unspecified atom stereocenters. The highest BCUT2D eigenvalue weighted by Gasteiger charge is 2.31. The normalized spacial score (nSPS) is 12.8. The molecule has 0 spiro atoms. The van der Waals surface area contributed by atoms with Gasteiger partial charge in [-0.2, -0.15) is 0 Å². The molecule has 4 rings (SSSR count). The van der Waals surface area contributed by atoms with Gasteiger partial charge in [-0.05, 0) is 18.6 Å². The van der Waals surface area contributed by atoms with Crippen molar-refractivity contribution in [1.29, 1.82) is 0 Å². The molecule has 0 bridgehead atoms. The van der Waals surface area contributed by atoms with E-state index in [1.165, 1.54) is 24.1 Å². The van der Waals surface area contributed by atoms with Crippen LogP contribution in [-0.4, -0.2) is 35.7 Å². The predicted molar refractivity (Wildman–Crippen MR) is 124 cm³/mol. The van der Waals surface area contributed by atoms with E-state index in [2.05, 4.69) is 25.4 Å². The van der Waals surface area contributed by atoms with E-state index in [1.54, 1.807) is 18.5 Å². The van der Waals surface area contributed by atoms with E-state index < -0.39 is 34.7 Å². The molecule has 2 atom stereocenters. The van der Waals surface area contributed by atoms with Crippen molar-refractivity contribution in [3.05, 3.63) is 93.0 Å². The first-order valence-electron chi connectivity index (χ1n) is 10.3. The zero-order valence-electron chi connectivity index (χ0n) is 18.6. The summed E-state index contributed by atoms with van der Waals surface area (Å²) in [6.07, 6.45) is 5.79. The number of aryl methyl sites for hydroxylation is 1. The minimum absolute atomic E-state index is 0.255. The monoisotopic (exact) mass is 480 g/mol. The van der Waals surface area contributed by atoms with Crippen molar-refractivity contribution < 1.29 is 14.4 Å². The Kier molecular flexibility index (Phi) is 6.42. The molecule has 0 aliphatic heterocycles. The maximum absolute atomic E-state index is 12.8. The molecule has 174 valence electrons. The summed E-state index contributed by atoms with van der Waals surface area (Å²) >= 11 is 6.53. The number of carbonyl (C=O) groups excluding carboxylic acids is 1. The summed E-state index contributed by atoms with van der Waals surface area (Å²) in [4.78, 5) is 38.9. The second-order valence-electron chi connectivity index (χ2n) is 7.77. The van der Waals surface area contributed by atoms with Crippen LogP contribution in [0.4, 0.5) is 5.69 Å². The molecule has 0 fully saturated rings. The first-order chi connectivity index (χ1) is 16.3. The van der Waals surface area contributed by atoms with Gasteiger partial charge in [0.15, 0.2) is 5.69 Å². The van der Waals surface area contributed by atoms with E-state index in [9.17, 15) is 14.7 Å². The molecule has 0 aliphatic rings. The third-order valence-corrected chi connectivity index (χ3v) is 5.82. The first-order valence-corrected chi connectivity index (χ1v) is 10.7. The summed E-state index contributed by atoms with van der Waals surface area (Å²) in [5.41, 5.74) is 1.19. The number of benzene rings is 1. The van der Waals surface area contributed by atoms with Gasteiger partial charge in [0, 0.05) is 36.3 Å². The zero-order chi connectivity index (χ0) is 24.4.